The van der Waals surface area contributed by atoms with Gasteiger partial charge in [0.25, 0.3) is 0 Å². The quantitative estimate of drug-likeness (QED) is 0.576. The molecule has 1 aliphatic heterocycles. The molecule has 8 nitrogen and oxygen atoms in total. The number of rotatable bonds is 2. The Kier molecular flexibility index (Phi) is 3.33. The molecule has 122 valence electrons. The van der Waals surface area contributed by atoms with Gasteiger partial charge in [-0.2, -0.15) is 0 Å². The number of halogens is 1. The molecule has 0 amide bonds. The van der Waals surface area contributed by atoms with Crippen LogP contribution in [0.5, 0.6) is 0 Å². The highest BCUT2D eigenvalue weighted by Gasteiger charge is 2.44. The van der Waals surface area contributed by atoms with E-state index in [1.165, 1.54) is 6.33 Å². The summed E-state index contributed by atoms with van der Waals surface area (Å²) in [6.07, 6.45) is -0.946. The standard InChI is InChI=1S/C14H15ClN4O4/c1-18-3-2-6-8-11(15)16-5-17-12(8)19(13(6)18)14-10(22)9(21)7(4-20)23-14/h2-3,5,7,9-10,14,20-22H,4H2,1H3/t7-,9-,10-,14-/m1/s1. The van der Waals surface area contributed by atoms with E-state index in [1.54, 1.807) is 4.57 Å². The highest BCUT2D eigenvalue weighted by atomic mass is 35.5. The minimum absolute atomic E-state index is 0.302. The summed E-state index contributed by atoms with van der Waals surface area (Å²) in [6, 6.07) is 1.88. The van der Waals surface area contributed by atoms with E-state index in [2.05, 4.69) is 9.97 Å². The van der Waals surface area contributed by atoms with Gasteiger partial charge >= 0.3 is 0 Å². The molecule has 0 radical (unpaired) electrons. The summed E-state index contributed by atoms with van der Waals surface area (Å²) >= 11 is 6.22. The van der Waals surface area contributed by atoms with Gasteiger partial charge in [-0.25, -0.2) is 9.97 Å². The number of nitrogens with zero attached hydrogens (tertiary/aromatic N) is 4. The zero-order valence-electron chi connectivity index (χ0n) is 12.2. The van der Waals surface area contributed by atoms with Crippen LogP contribution >= 0.6 is 11.6 Å². The van der Waals surface area contributed by atoms with Gasteiger partial charge in [0.1, 0.15) is 41.1 Å². The lowest BCUT2D eigenvalue weighted by Gasteiger charge is -2.19. The average Bonchev–Trinajstić information content (AvgIpc) is 3.15. The predicted octanol–water partition coefficient (Wildman–Crippen LogP) is 0.188. The first-order chi connectivity index (χ1) is 11.0. The molecule has 1 saturated heterocycles. The summed E-state index contributed by atoms with van der Waals surface area (Å²) < 4.78 is 9.19. The topological polar surface area (TPSA) is 106 Å². The van der Waals surface area contributed by atoms with Crippen LogP contribution < -0.4 is 0 Å². The summed E-state index contributed by atoms with van der Waals surface area (Å²) in [5.74, 6) is 0. The SMILES string of the molecule is Cn1ccc2c3c(Cl)ncnc3n([C@@H]3O[C@H](CO)[C@@H](O)[C@H]3O)c21. The zero-order chi connectivity index (χ0) is 16.3. The molecule has 23 heavy (non-hydrogen) atoms. The summed E-state index contributed by atoms with van der Waals surface area (Å²) in [4.78, 5) is 8.28. The summed E-state index contributed by atoms with van der Waals surface area (Å²) in [7, 11) is 1.85. The van der Waals surface area contributed by atoms with E-state index in [-0.39, 0.29) is 6.61 Å². The lowest BCUT2D eigenvalue weighted by atomic mass is 10.1. The van der Waals surface area contributed by atoms with Gasteiger partial charge in [-0.3, -0.25) is 4.57 Å². The lowest BCUT2D eigenvalue weighted by Crippen LogP contribution is -2.33. The van der Waals surface area contributed by atoms with E-state index in [4.69, 9.17) is 16.3 Å². The van der Waals surface area contributed by atoms with Gasteiger partial charge in [0.2, 0.25) is 0 Å². The fourth-order valence-electron chi connectivity index (χ4n) is 3.22. The van der Waals surface area contributed by atoms with Crippen molar-refractivity contribution in [3.8, 4) is 0 Å². The maximum Gasteiger partial charge on any atom is 0.166 e. The fraction of sp³-hybridized carbons (Fsp3) is 0.429. The van der Waals surface area contributed by atoms with Crippen molar-refractivity contribution in [3.05, 3.63) is 23.7 Å². The van der Waals surface area contributed by atoms with Crippen LogP contribution in [0.15, 0.2) is 18.6 Å². The van der Waals surface area contributed by atoms with Crippen molar-refractivity contribution >= 4 is 33.7 Å². The molecule has 0 unspecified atom stereocenters. The van der Waals surface area contributed by atoms with Crippen molar-refractivity contribution in [1.82, 2.24) is 19.1 Å². The Bertz CT molecular complexity index is 892. The molecule has 9 heteroatoms. The van der Waals surface area contributed by atoms with Gasteiger partial charge in [0.05, 0.1) is 12.0 Å². The van der Waals surface area contributed by atoms with E-state index >= 15 is 0 Å². The van der Waals surface area contributed by atoms with Crippen molar-refractivity contribution < 1.29 is 20.1 Å². The number of aliphatic hydroxyl groups excluding tert-OH is 3. The molecule has 3 N–H and O–H groups in total. The molecule has 0 bridgehead atoms. The highest BCUT2D eigenvalue weighted by molar-refractivity contribution is 6.36. The number of fused-ring (bicyclic) bond motifs is 3. The van der Waals surface area contributed by atoms with Gasteiger partial charge < -0.3 is 24.6 Å². The number of ether oxygens (including phenoxy) is 1. The molecule has 3 aromatic heterocycles. The second kappa shape index (κ2) is 5.15. The zero-order valence-corrected chi connectivity index (χ0v) is 12.9. The third-order valence-corrected chi connectivity index (χ3v) is 4.60. The molecule has 1 fully saturated rings. The lowest BCUT2D eigenvalue weighted by molar-refractivity contribution is -0.0493. The largest absolute Gasteiger partial charge is 0.394 e. The molecule has 1 aliphatic rings. The molecular formula is C14H15ClN4O4. The molecule has 4 heterocycles. The summed E-state index contributed by atoms with van der Waals surface area (Å²) in [6.45, 7) is -0.389. The second-order valence-electron chi connectivity index (χ2n) is 5.63. The first-order valence-electron chi connectivity index (χ1n) is 7.12. The molecule has 0 aliphatic carbocycles. The molecule has 0 spiro atoms. The third-order valence-electron chi connectivity index (χ3n) is 4.32. The Balaban J connectivity index is 2.02. The second-order valence-corrected chi connectivity index (χ2v) is 5.98. The minimum atomic E-state index is -1.20. The van der Waals surface area contributed by atoms with E-state index in [0.29, 0.717) is 16.2 Å². The summed E-state index contributed by atoms with van der Waals surface area (Å²) in [5, 5.41) is 31.5. The van der Waals surface area contributed by atoms with Crippen LogP contribution in [0, 0.1) is 0 Å². The van der Waals surface area contributed by atoms with Crippen LogP contribution in [-0.4, -0.2) is 59.3 Å². The van der Waals surface area contributed by atoms with Crippen LogP contribution in [0.3, 0.4) is 0 Å². The van der Waals surface area contributed by atoms with Crippen LogP contribution in [-0.2, 0) is 11.8 Å². The Morgan fingerprint density at radius 2 is 2.09 bits per heavy atom. The molecule has 0 saturated carbocycles. The fourth-order valence-corrected chi connectivity index (χ4v) is 3.45. The van der Waals surface area contributed by atoms with Gasteiger partial charge in [-0.05, 0) is 6.07 Å². The number of hydrogen-bond acceptors (Lipinski definition) is 6. The first kappa shape index (κ1) is 14.9. The average molecular weight is 339 g/mol. The van der Waals surface area contributed by atoms with Crippen LogP contribution in [0.2, 0.25) is 5.15 Å². The maximum absolute atomic E-state index is 10.4. The van der Waals surface area contributed by atoms with Crippen molar-refractivity contribution in [2.24, 2.45) is 7.05 Å². The monoisotopic (exact) mass is 338 g/mol. The van der Waals surface area contributed by atoms with Crippen molar-refractivity contribution in [2.45, 2.75) is 24.5 Å². The van der Waals surface area contributed by atoms with Crippen molar-refractivity contribution in [2.75, 3.05) is 6.61 Å². The van der Waals surface area contributed by atoms with Gasteiger partial charge in [0.15, 0.2) is 6.23 Å². The number of aliphatic hydroxyl groups is 3. The van der Waals surface area contributed by atoms with Crippen LogP contribution in [0.25, 0.3) is 22.1 Å². The van der Waals surface area contributed by atoms with Crippen molar-refractivity contribution in [3.63, 3.8) is 0 Å². The van der Waals surface area contributed by atoms with Gasteiger partial charge in [0, 0.05) is 18.6 Å². The van der Waals surface area contributed by atoms with Crippen molar-refractivity contribution in [1.29, 1.82) is 0 Å². The Morgan fingerprint density at radius 3 is 2.78 bits per heavy atom. The third kappa shape index (κ3) is 1.93. The Morgan fingerprint density at radius 1 is 1.30 bits per heavy atom. The number of hydrogen-bond donors (Lipinski definition) is 3. The Hall–Kier alpha value is -1.71. The maximum atomic E-state index is 10.4. The van der Waals surface area contributed by atoms with Gasteiger partial charge in [-0.1, -0.05) is 11.6 Å². The normalized spacial score (nSPS) is 28.2. The van der Waals surface area contributed by atoms with E-state index in [9.17, 15) is 15.3 Å². The van der Waals surface area contributed by atoms with E-state index in [1.807, 2.05) is 23.9 Å². The molecule has 4 atom stereocenters. The van der Waals surface area contributed by atoms with Crippen LogP contribution in [0.1, 0.15) is 6.23 Å². The highest BCUT2D eigenvalue weighted by Crippen LogP contribution is 2.39. The number of aromatic nitrogens is 4. The molecule has 4 rings (SSSR count). The predicted molar refractivity (Wildman–Crippen MR) is 82.0 cm³/mol. The minimum Gasteiger partial charge on any atom is -0.394 e. The van der Waals surface area contributed by atoms with Crippen LogP contribution in [0.4, 0.5) is 0 Å². The van der Waals surface area contributed by atoms with Gasteiger partial charge in [-0.15, -0.1) is 0 Å². The van der Waals surface area contributed by atoms with E-state index < -0.39 is 24.5 Å². The molecule has 3 aromatic rings. The molecule has 0 aromatic carbocycles. The van der Waals surface area contributed by atoms with E-state index in [0.717, 1.165) is 11.0 Å². The first-order valence-corrected chi connectivity index (χ1v) is 7.50. The summed E-state index contributed by atoms with van der Waals surface area (Å²) in [5.41, 5.74) is 1.23. The Labute approximate surface area is 135 Å². The smallest absolute Gasteiger partial charge is 0.166 e. The molecular weight excluding hydrogens is 324 g/mol. The number of aryl methyl sites for hydroxylation is 1.